The van der Waals surface area contributed by atoms with Crippen molar-refractivity contribution >= 4 is 5.91 Å². The lowest BCUT2D eigenvalue weighted by molar-refractivity contribution is -0.122. The van der Waals surface area contributed by atoms with E-state index in [0.29, 0.717) is 6.54 Å². The molecule has 0 aromatic heterocycles. The third-order valence-corrected chi connectivity index (χ3v) is 1.99. The van der Waals surface area contributed by atoms with Crippen LogP contribution in [0, 0.1) is 11.6 Å². The van der Waals surface area contributed by atoms with Crippen LogP contribution in [0.5, 0.6) is 0 Å². The van der Waals surface area contributed by atoms with Gasteiger partial charge < -0.3 is 15.8 Å². The van der Waals surface area contributed by atoms with E-state index in [9.17, 15) is 13.6 Å². The largest absolute Gasteiger partial charge is 0.370 e. The number of halogens is 2. The van der Waals surface area contributed by atoms with Crippen LogP contribution in [0.25, 0.3) is 0 Å². The van der Waals surface area contributed by atoms with Crippen LogP contribution < -0.4 is 11.1 Å². The Morgan fingerprint density at radius 2 is 2.18 bits per heavy atom. The summed E-state index contributed by atoms with van der Waals surface area (Å²) in [4.78, 5) is 10.3. The lowest BCUT2D eigenvalue weighted by atomic mass is 10.2. The van der Waals surface area contributed by atoms with Gasteiger partial charge in [0.2, 0.25) is 5.91 Å². The van der Waals surface area contributed by atoms with E-state index in [4.69, 9.17) is 10.5 Å². The average molecular weight is 244 g/mol. The lowest BCUT2D eigenvalue weighted by Gasteiger charge is -2.06. The summed E-state index contributed by atoms with van der Waals surface area (Å²) in [5, 5.41) is 2.86. The maximum Gasteiger partial charge on any atom is 0.243 e. The van der Waals surface area contributed by atoms with Gasteiger partial charge in [-0.05, 0) is 18.2 Å². The summed E-state index contributed by atoms with van der Waals surface area (Å²) < 4.78 is 30.8. The fourth-order valence-corrected chi connectivity index (χ4v) is 1.22. The van der Waals surface area contributed by atoms with E-state index < -0.39 is 17.5 Å². The molecule has 1 aromatic rings. The number of carbonyl (C=O) groups excluding carboxylic acids is 1. The highest BCUT2D eigenvalue weighted by atomic mass is 19.1. The first-order valence-corrected chi connectivity index (χ1v) is 5.10. The molecule has 0 spiro atoms. The summed E-state index contributed by atoms with van der Waals surface area (Å²) in [6.07, 6.45) is 0. The van der Waals surface area contributed by atoms with Crippen LogP contribution in [0.2, 0.25) is 0 Å². The minimum Gasteiger partial charge on any atom is -0.370 e. The quantitative estimate of drug-likeness (QED) is 0.689. The van der Waals surface area contributed by atoms with Crippen LogP contribution in [-0.4, -0.2) is 25.7 Å². The number of hydrogen-bond donors (Lipinski definition) is 2. The third kappa shape index (κ3) is 5.37. The number of amides is 1. The molecule has 4 nitrogen and oxygen atoms in total. The van der Waals surface area contributed by atoms with Crippen LogP contribution >= 0.6 is 0 Å². The average Bonchev–Trinajstić information content (AvgIpc) is 2.27. The monoisotopic (exact) mass is 244 g/mol. The molecule has 94 valence electrons. The number of benzene rings is 1. The van der Waals surface area contributed by atoms with Crippen molar-refractivity contribution in [1.29, 1.82) is 0 Å². The first-order valence-electron chi connectivity index (χ1n) is 5.10. The molecule has 6 heteroatoms. The van der Waals surface area contributed by atoms with Crippen molar-refractivity contribution in [3.8, 4) is 0 Å². The second-order valence-corrected chi connectivity index (χ2v) is 3.43. The highest BCUT2D eigenvalue weighted by Crippen LogP contribution is 2.08. The Labute approximate surface area is 97.8 Å². The van der Waals surface area contributed by atoms with Crippen LogP contribution in [0.4, 0.5) is 8.78 Å². The van der Waals surface area contributed by atoms with E-state index >= 15 is 0 Å². The zero-order chi connectivity index (χ0) is 12.7. The number of ether oxygens (including phenoxy) is 1. The standard InChI is InChI=1S/C11H14F2N2O2/c12-9-1-2-10(13)8(5-9)6-15-3-4-17-7-11(14)16/h1-2,5,15H,3-4,6-7H2,(H2,14,16). The van der Waals surface area contributed by atoms with Gasteiger partial charge in [0.1, 0.15) is 18.2 Å². The van der Waals surface area contributed by atoms with Gasteiger partial charge in [-0.3, -0.25) is 4.79 Å². The Morgan fingerprint density at radius 1 is 1.41 bits per heavy atom. The Hall–Kier alpha value is -1.53. The van der Waals surface area contributed by atoms with Gasteiger partial charge in [0.05, 0.1) is 6.61 Å². The normalized spacial score (nSPS) is 10.5. The molecule has 0 aliphatic rings. The zero-order valence-electron chi connectivity index (χ0n) is 9.21. The number of primary amides is 1. The molecular weight excluding hydrogens is 230 g/mol. The molecular formula is C11H14F2N2O2. The van der Waals surface area contributed by atoms with Gasteiger partial charge in [-0.1, -0.05) is 0 Å². The molecule has 0 unspecified atom stereocenters. The minimum atomic E-state index is -0.541. The summed E-state index contributed by atoms with van der Waals surface area (Å²) in [6, 6.07) is 3.28. The van der Waals surface area contributed by atoms with E-state index in [1.54, 1.807) is 0 Å². The summed E-state index contributed by atoms with van der Waals surface area (Å²) in [5.74, 6) is -1.48. The number of nitrogens with one attached hydrogen (secondary N) is 1. The second-order valence-electron chi connectivity index (χ2n) is 3.43. The van der Waals surface area contributed by atoms with Crippen molar-refractivity contribution in [1.82, 2.24) is 5.32 Å². The zero-order valence-corrected chi connectivity index (χ0v) is 9.21. The van der Waals surface area contributed by atoms with Gasteiger partial charge in [0, 0.05) is 18.7 Å². The van der Waals surface area contributed by atoms with Crippen molar-refractivity contribution in [3.63, 3.8) is 0 Å². The fraction of sp³-hybridized carbons (Fsp3) is 0.364. The molecule has 1 aromatic carbocycles. The second kappa shape index (κ2) is 6.93. The maximum atomic E-state index is 13.2. The predicted octanol–water partition coefficient (Wildman–Crippen LogP) is 0.556. The van der Waals surface area contributed by atoms with Gasteiger partial charge in [0.25, 0.3) is 0 Å². The molecule has 0 saturated heterocycles. The van der Waals surface area contributed by atoms with E-state index in [1.165, 1.54) is 0 Å². The number of nitrogens with two attached hydrogens (primary N) is 1. The number of hydrogen-bond acceptors (Lipinski definition) is 3. The summed E-state index contributed by atoms with van der Waals surface area (Å²) in [5.41, 5.74) is 5.11. The van der Waals surface area contributed by atoms with Crippen molar-refractivity contribution in [2.45, 2.75) is 6.54 Å². The fourth-order valence-electron chi connectivity index (χ4n) is 1.22. The molecule has 0 atom stereocenters. The molecule has 0 saturated carbocycles. The SMILES string of the molecule is NC(=O)COCCNCc1cc(F)ccc1F. The topological polar surface area (TPSA) is 64.4 Å². The molecule has 0 heterocycles. The van der Waals surface area contributed by atoms with Gasteiger partial charge in [-0.25, -0.2) is 8.78 Å². The molecule has 1 amide bonds. The van der Waals surface area contributed by atoms with Crippen LogP contribution in [0.1, 0.15) is 5.56 Å². The summed E-state index contributed by atoms with van der Waals surface area (Å²) >= 11 is 0. The van der Waals surface area contributed by atoms with E-state index in [1.807, 2.05) is 0 Å². The minimum absolute atomic E-state index is 0.143. The number of carbonyl (C=O) groups is 1. The van der Waals surface area contributed by atoms with Crippen molar-refractivity contribution in [2.75, 3.05) is 19.8 Å². The molecule has 0 aliphatic carbocycles. The first-order chi connectivity index (χ1) is 8.09. The smallest absolute Gasteiger partial charge is 0.243 e. The summed E-state index contributed by atoms with van der Waals surface area (Å²) in [7, 11) is 0. The van der Waals surface area contributed by atoms with Gasteiger partial charge >= 0.3 is 0 Å². The molecule has 3 N–H and O–H groups in total. The molecule has 0 bridgehead atoms. The molecule has 0 fully saturated rings. The van der Waals surface area contributed by atoms with Crippen molar-refractivity contribution < 1.29 is 18.3 Å². The van der Waals surface area contributed by atoms with E-state index in [0.717, 1.165) is 18.2 Å². The van der Waals surface area contributed by atoms with Crippen LogP contribution in [0.3, 0.4) is 0 Å². The molecule has 1 rings (SSSR count). The Morgan fingerprint density at radius 3 is 2.88 bits per heavy atom. The highest BCUT2D eigenvalue weighted by molar-refractivity contribution is 5.74. The number of rotatable bonds is 7. The van der Waals surface area contributed by atoms with Gasteiger partial charge in [0.15, 0.2) is 0 Å². The molecule has 0 radical (unpaired) electrons. The van der Waals surface area contributed by atoms with Crippen molar-refractivity contribution in [3.05, 3.63) is 35.4 Å². The lowest BCUT2D eigenvalue weighted by Crippen LogP contribution is -2.24. The predicted molar refractivity (Wildman–Crippen MR) is 58.1 cm³/mol. The van der Waals surface area contributed by atoms with E-state index in [-0.39, 0.29) is 25.3 Å². The van der Waals surface area contributed by atoms with Crippen LogP contribution in [0.15, 0.2) is 18.2 Å². The third-order valence-electron chi connectivity index (χ3n) is 1.99. The Bertz CT molecular complexity index is 386. The Balaban J connectivity index is 2.22. The molecule has 17 heavy (non-hydrogen) atoms. The molecule has 0 aliphatic heterocycles. The van der Waals surface area contributed by atoms with Crippen molar-refractivity contribution in [2.24, 2.45) is 5.73 Å². The first kappa shape index (κ1) is 13.5. The highest BCUT2D eigenvalue weighted by Gasteiger charge is 2.03. The van der Waals surface area contributed by atoms with Gasteiger partial charge in [-0.15, -0.1) is 0 Å². The van der Waals surface area contributed by atoms with Gasteiger partial charge in [-0.2, -0.15) is 0 Å². The van der Waals surface area contributed by atoms with Crippen LogP contribution in [-0.2, 0) is 16.1 Å². The Kier molecular flexibility index (Phi) is 5.51. The van der Waals surface area contributed by atoms with E-state index in [2.05, 4.69) is 5.32 Å². The summed E-state index contributed by atoms with van der Waals surface area (Å²) in [6.45, 7) is 0.753. The maximum absolute atomic E-state index is 13.2.